The predicted octanol–water partition coefficient (Wildman–Crippen LogP) is 13.9. The Morgan fingerprint density at radius 3 is 1.67 bits per heavy atom. The molecular weight excluding hydrogens is 713 g/mol. The average molecular weight is 745 g/mol. The lowest BCUT2D eigenvalue weighted by atomic mass is 9.95. The van der Waals surface area contributed by atoms with Gasteiger partial charge in [-0.05, 0) is 40.5 Å². The second kappa shape index (κ2) is 13.7. The molecule has 8 aromatic carbocycles. The molecule has 57 heavy (non-hydrogen) atoms. The summed E-state index contributed by atoms with van der Waals surface area (Å²) in [7, 11) is 0. The molecule has 0 bridgehead atoms. The number of thiophene rings is 1. The van der Waals surface area contributed by atoms with Crippen molar-refractivity contribution in [2.24, 2.45) is 0 Å². The van der Waals surface area contributed by atoms with Gasteiger partial charge in [-0.1, -0.05) is 176 Å². The first-order valence-corrected chi connectivity index (χ1v) is 19.9. The van der Waals surface area contributed by atoms with Crippen LogP contribution in [-0.4, -0.2) is 19.9 Å². The molecule has 3 heterocycles. The molecule has 4 nitrogen and oxygen atoms in total. The number of para-hydroxylation sites is 1. The van der Waals surface area contributed by atoms with Gasteiger partial charge in [0.15, 0.2) is 17.5 Å². The van der Waals surface area contributed by atoms with Crippen molar-refractivity contribution < 1.29 is 0 Å². The second-order valence-electron chi connectivity index (χ2n) is 14.2. The smallest absolute Gasteiger partial charge is 0.164 e. The van der Waals surface area contributed by atoms with Gasteiger partial charge >= 0.3 is 0 Å². The van der Waals surface area contributed by atoms with Gasteiger partial charge in [0.25, 0.3) is 0 Å². The molecule has 0 radical (unpaired) electrons. The Morgan fingerprint density at radius 1 is 0.316 bits per heavy atom. The van der Waals surface area contributed by atoms with Gasteiger partial charge < -0.3 is 0 Å². The van der Waals surface area contributed by atoms with E-state index in [2.05, 4.69) is 164 Å². The number of hydrogen-bond donors (Lipinski definition) is 0. The highest BCUT2D eigenvalue weighted by atomic mass is 32.1. The second-order valence-corrected chi connectivity index (χ2v) is 15.2. The third-order valence-electron chi connectivity index (χ3n) is 10.7. The van der Waals surface area contributed by atoms with Gasteiger partial charge in [0.2, 0.25) is 0 Å². The Labute approximate surface area is 333 Å². The minimum absolute atomic E-state index is 0.630. The fourth-order valence-corrected chi connectivity index (χ4v) is 9.33. The number of pyridine rings is 1. The normalized spacial score (nSPS) is 11.5. The van der Waals surface area contributed by atoms with Gasteiger partial charge in [0.1, 0.15) is 0 Å². The third kappa shape index (κ3) is 5.76. The van der Waals surface area contributed by atoms with Crippen molar-refractivity contribution in [2.45, 2.75) is 0 Å². The summed E-state index contributed by atoms with van der Waals surface area (Å²) in [5.41, 5.74) is 10.4. The Balaban J connectivity index is 1.10. The van der Waals surface area contributed by atoms with Gasteiger partial charge in [-0.3, -0.25) is 0 Å². The van der Waals surface area contributed by atoms with Gasteiger partial charge in [0, 0.05) is 58.6 Å². The van der Waals surface area contributed by atoms with Gasteiger partial charge in [-0.25, -0.2) is 19.9 Å². The maximum absolute atomic E-state index is 5.21. The van der Waals surface area contributed by atoms with Crippen molar-refractivity contribution in [2.75, 3.05) is 0 Å². The molecule has 11 rings (SSSR count). The quantitative estimate of drug-likeness (QED) is 0.159. The lowest BCUT2D eigenvalue weighted by Gasteiger charge is -2.13. The Kier molecular flexibility index (Phi) is 7.97. The fraction of sp³-hybridized carbons (Fsp3) is 0. The molecule has 0 saturated carbocycles. The van der Waals surface area contributed by atoms with Crippen LogP contribution in [0.3, 0.4) is 0 Å². The lowest BCUT2D eigenvalue weighted by Crippen LogP contribution is -2.01. The summed E-state index contributed by atoms with van der Waals surface area (Å²) < 4.78 is 2.50. The molecule has 0 atom stereocenters. The molecule has 0 fully saturated rings. The monoisotopic (exact) mass is 744 g/mol. The summed E-state index contributed by atoms with van der Waals surface area (Å²) in [5, 5.41) is 6.08. The zero-order chi connectivity index (χ0) is 37.7. The van der Waals surface area contributed by atoms with Crippen molar-refractivity contribution in [3.63, 3.8) is 0 Å². The number of hydrogen-bond acceptors (Lipinski definition) is 5. The summed E-state index contributed by atoms with van der Waals surface area (Å²) in [6, 6.07) is 67.8. The molecule has 0 saturated heterocycles. The summed E-state index contributed by atoms with van der Waals surface area (Å²) in [4.78, 5) is 20.6. The van der Waals surface area contributed by atoms with Crippen LogP contribution < -0.4 is 0 Å². The predicted molar refractivity (Wildman–Crippen MR) is 238 cm³/mol. The molecule has 5 heteroatoms. The van der Waals surface area contributed by atoms with E-state index in [-0.39, 0.29) is 0 Å². The zero-order valence-electron chi connectivity index (χ0n) is 30.7. The van der Waals surface area contributed by atoms with Gasteiger partial charge in [-0.2, -0.15) is 0 Å². The van der Waals surface area contributed by atoms with Crippen LogP contribution in [0.2, 0.25) is 0 Å². The molecule has 0 N–H and O–H groups in total. The lowest BCUT2D eigenvalue weighted by molar-refractivity contribution is 1.07. The summed E-state index contributed by atoms with van der Waals surface area (Å²) >= 11 is 1.85. The summed E-state index contributed by atoms with van der Waals surface area (Å²) in [6.07, 6.45) is 0. The van der Waals surface area contributed by atoms with Crippen LogP contribution in [0.1, 0.15) is 0 Å². The Hall–Kier alpha value is -7.34. The fourth-order valence-electron chi connectivity index (χ4n) is 8.09. The van der Waals surface area contributed by atoms with Crippen molar-refractivity contribution in [1.29, 1.82) is 0 Å². The molecular formula is C52H32N4S. The Morgan fingerprint density at radius 2 is 0.877 bits per heavy atom. The molecule has 0 spiro atoms. The van der Waals surface area contributed by atoms with Crippen molar-refractivity contribution in [3.05, 3.63) is 194 Å². The number of nitrogens with zero attached hydrogens (tertiary/aromatic N) is 4. The maximum Gasteiger partial charge on any atom is 0.164 e. The number of fused-ring (bicyclic) bond motifs is 7. The van der Waals surface area contributed by atoms with E-state index in [4.69, 9.17) is 19.9 Å². The first-order valence-electron chi connectivity index (χ1n) is 19.1. The van der Waals surface area contributed by atoms with E-state index in [0.29, 0.717) is 17.5 Å². The summed E-state index contributed by atoms with van der Waals surface area (Å²) in [6.45, 7) is 0. The highest BCUT2D eigenvalue weighted by Gasteiger charge is 2.20. The van der Waals surface area contributed by atoms with Crippen molar-refractivity contribution in [3.8, 4) is 67.7 Å². The molecule has 11 aromatic rings. The van der Waals surface area contributed by atoms with E-state index in [1.54, 1.807) is 0 Å². The minimum Gasteiger partial charge on any atom is -0.247 e. The van der Waals surface area contributed by atoms with Gasteiger partial charge in [-0.15, -0.1) is 11.3 Å². The zero-order valence-corrected chi connectivity index (χ0v) is 31.5. The number of aromatic nitrogens is 4. The minimum atomic E-state index is 0.630. The van der Waals surface area contributed by atoms with Crippen LogP contribution in [0.5, 0.6) is 0 Å². The highest BCUT2D eigenvalue weighted by molar-refractivity contribution is 7.26. The van der Waals surface area contributed by atoms with Crippen LogP contribution in [0.25, 0.3) is 110 Å². The van der Waals surface area contributed by atoms with Crippen LogP contribution in [0.4, 0.5) is 0 Å². The average Bonchev–Trinajstić information content (AvgIpc) is 3.69. The molecule has 0 amide bonds. The SMILES string of the molecule is c1ccc(-c2nc(-c3cccc(-c4cccc5c4sc4ccc6c(-c7ccccc7)nc7ccccc7c6c45)c3)nc(-c3ccccc3-c3ccccc3)n2)cc1. The molecule has 266 valence electrons. The summed E-state index contributed by atoms with van der Waals surface area (Å²) in [5.74, 6) is 1.91. The molecule has 0 aliphatic rings. The number of benzene rings is 8. The van der Waals surface area contributed by atoms with Crippen molar-refractivity contribution in [1.82, 2.24) is 19.9 Å². The van der Waals surface area contributed by atoms with E-state index in [9.17, 15) is 0 Å². The van der Waals surface area contributed by atoms with E-state index in [1.165, 1.54) is 36.5 Å². The third-order valence-corrected chi connectivity index (χ3v) is 11.9. The van der Waals surface area contributed by atoms with E-state index in [1.807, 2.05) is 41.7 Å². The molecule has 0 aliphatic heterocycles. The number of rotatable bonds is 6. The van der Waals surface area contributed by atoms with Crippen LogP contribution >= 0.6 is 11.3 Å². The van der Waals surface area contributed by atoms with E-state index < -0.39 is 0 Å². The van der Waals surface area contributed by atoms with Crippen LogP contribution in [-0.2, 0) is 0 Å². The van der Waals surface area contributed by atoms with Crippen LogP contribution in [0, 0.1) is 0 Å². The first kappa shape index (κ1) is 33.0. The van der Waals surface area contributed by atoms with E-state index in [0.717, 1.165) is 55.5 Å². The van der Waals surface area contributed by atoms with E-state index >= 15 is 0 Å². The standard InChI is InChI=1S/C52H32N4S/c1-4-16-33(17-5-1)38-24-10-11-25-40(38)52-55-50(35-20-8-3-9-21-35)54-51(56-52)37-23-14-22-36(32-37)39-27-15-28-43-47-45(57-49(39)43)31-30-42-46(47)41-26-12-13-29-44(41)53-48(42)34-18-6-2-7-19-34/h1-32H. The first-order chi connectivity index (χ1) is 28.3. The topological polar surface area (TPSA) is 51.6 Å². The Bertz CT molecular complexity index is 3290. The van der Waals surface area contributed by atoms with Crippen molar-refractivity contribution >= 4 is 53.2 Å². The maximum atomic E-state index is 5.21. The highest BCUT2D eigenvalue weighted by Crippen LogP contribution is 2.46. The molecule has 0 aliphatic carbocycles. The molecule has 3 aromatic heterocycles. The largest absolute Gasteiger partial charge is 0.247 e. The van der Waals surface area contributed by atoms with Crippen LogP contribution in [0.15, 0.2) is 194 Å². The van der Waals surface area contributed by atoms with Gasteiger partial charge in [0.05, 0.1) is 11.2 Å². The molecule has 0 unspecified atom stereocenters.